The summed E-state index contributed by atoms with van der Waals surface area (Å²) in [7, 11) is 0. The van der Waals surface area contributed by atoms with Crippen LogP contribution >= 0.6 is 0 Å². The number of nitrogens with zero attached hydrogens (tertiary/aromatic N) is 6. The molecule has 2 aliphatic rings. The van der Waals surface area contributed by atoms with Gasteiger partial charge in [0.1, 0.15) is 0 Å². The normalized spacial score (nSPS) is 18.9. The topological polar surface area (TPSA) is 79.5 Å². The fraction of sp³-hybridized carbons (Fsp3) is 0.611. The summed E-state index contributed by atoms with van der Waals surface area (Å²) in [6, 6.07) is 1.94. The second kappa shape index (κ2) is 7.77. The summed E-state index contributed by atoms with van der Waals surface area (Å²) in [6.07, 6.45) is 2.21. The van der Waals surface area contributed by atoms with Crippen LogP contribution < -0.4 is 9.80 Å². The molecular formula is C18H25FN6O2. The van der Waals surface area contributed by atoms with Crippen LogP contribution in [-0.2, 0) is 17.8 Å². The molecule has 2 aliphatic heterocycles. The lowest BCUT2D eigenvalue weighted by Gasteiger charge is -2.29. The molecule has 1 N–H and O–H groups in total. The van der Waals surface area contributed by atoms with Gasteiger partial charge in [-0.1, -0.05) is 6.92 Å². The largest absolute Gasteiger partial charge is 0.387 e. The fourth-order valence-corrected chi connectivity index (χ4v) is 3.53. The van der Waals surface area contributed by atoms with Crippen molar-refractivity contribution in [2.45, 2.75) is 39.0 Å². The zero-order chi connectivity index (χ0) is 18.8. The van der Waals surface area contributed by atoms with Crippen LogP contribution in [0, 0.1) is 5.82 Å². The maximum absolute atomic E-state index is 14.3. The molecule has 0 unspecified atom stereocenters. The van der Waals surface area contributed by atoms with Gasteiger partial charge in [-0.3, -0.25) is 4.68 Å². The van der Waals surface area contributed by atoms with Crippen LogP contribution in [0.25, 0.3) is 0 Å². The Kier molecular flexibility index (Phi) is 5.22. The number of halogens is 1. The van der Waals surface area contributed by atoms with Crippen LogP contribution in [0.5, 0.6) is 0 Å². The molecule has 0 bridgehead atoms. The number of aliphatic hydroxyl groups is 1. The molecule has 1 saturated heterocycles. The molecule has 2 aromatic heterocycles. The van der Waals surface area contributed by atoms with Gasteiger partial charge in [0.2, 0.25) is 5.95 Å². The van der Waals surface area contributed by atoms with E-state index in [2.05, 4.69) is 15.1 Å². The van der Waals surface area contributed by atoms with Crippen molar-refractivity contribution in [1.29, 1.82) is 0 Å². The molecule has 27 heavy (non-hydrogen) atoms. The van der Waals surface area contributed by atoms with Crippen molar-refractivity contribution in [3.05, 3.63) is 29.5 Å². The number of ether oxygens (including phenoxy) is 1. The van der Waals surface area contributed by atoms with Crippen molar-refractivity contribution in [2.24, 2.45) is 0 Å². The Morgan fingerprint density at radius 2 is 2.04 bits per heavy atom. The van der Waals surface area contributed by atoms with Gasteiger partial charge in [0, 0.05) is 26.2 Å². The standard InChI is InChI=1S/C18H25FN6O2/c1-2-16(26)15-10-13-12-24(4-3-5-25(13)22-15)18-20-11-14(19)17(21-18)23-6-8-27-9-7-23/h10-11,16,26H,2-9,12H2,1H3/t16-/m1/s1. The second-order valence-electron chi connectivity index (χ2n) is 6.92. The van der Waals surface area contributed by atoms with Crippen LogP contribution in [0.3, 0.4) is 0 Å². The van der Waals surface area contributed by atoms with Gasteiger partial charge in [-0.15, -0.1) is 0 Å². The predicted octanol–water partition coefficient (Wildman–Crippen LogP) is 1.50. The monoisotopic (exact) mass is 376 g/mol. The summed E-state index contributed by atoms with van der Waals surface area (Å²) in [4.78, 5) is 12.7. The maximum atomic E-state index is 14.3. The first-order valence-electron chi connectivity index (χ1n) is 9.50. The summed E-state index contributed by atoms with van der Waals surface area (Å²) < 4.78 is 21.6. The van der Waals surface area contributed by atoms with E-state index in [9.17, 15) is 9.50 Å². The Morgan fingerprint density at radius 3 is 2.81 bits per heavy atom. The summed E-state index contributed by atoms with van der Waals surface area (Å²) in [5.74, 6) is 0.446. The third kappa shape index (κ3) is 3.74. The molecule has 0 aromatic carbocycles. The van der Waals surface area contributed by atoms with Gasteiger partial charge in [-0.25, -0.2) is 9.37 Å². The molecule has 0 amide bonds. The van der Waals surface area contributed by atoms with E-state index in [1.54, 1.807) is 0 Å². The lowest BCUT2D eigenvalue weighted by molar-refractivity contribution is 0.122. The molecule has 0 aliphatic carbocycles. The van der Waals surface area contributed by atoms with Crippen molar-refractivity contribution in [1.82, 2.24) is 19.7 Å². The number of aromatic nitrogens is 4. The summed E-state index contributed by atoms with van der Waals surface area (Å²) in [5, 5.41) is 14.6. The van der Waals surface area contributed by atoms with E-state index >= 15 is 0 Å². The molecule has 4 heterocycles. The highest BCUT2D eigenvalue weighted by Crippen LogP contribution is 2.24. The number of hydrogen-bond donors (Lipinski definition) is 1. The Hall–Kier alpha value is -2.26. The maximum Gasteiger partial charge on any atom is 0.227 e. The number of fused-ring (bicyclic) bond motifs is 1. The molecule has 9 heteroatoms. The number of aryl methyl sites for hydroxylation is 1. The van der Waals surface area contributed by atoms with Crippen molar-refractivity contribution in [2.75, 3.05) is 42.6 Å². The average molecular weight is 376 g/mol. The average Bonchev–Trinajstić information content (AvgIpc) is 3.00. The Labute approximate surface area is 157 Å². The van der Waals surface area contributed by atoms with E-state index in [4.69, 9.17) is 4.74 Å². The summed E-state index contributed by atoms with van der Waals surface area (Å²) >= 11 is 0. The number of aliphatic hydroxyl groups excluding tert-OH is 1. The molecular weight excluding hydrogens is 351 g/mol. The number of hydrogen-bond acceptors (Lipinski definition) is 7. The molecule has 0 saturated carbocycles. The Bertz CT molecular complexity index is 792. The van der Waals surface area contributed by atoms with Crippen LogP contribution in [0.4, 0.5) is 16.2 Å². The first-order chi connectivity index (χ1) is 13.2. The Balaban J connectivity index is 1.58. The van der Waals surface area contributed by atoms with Crippen molar-refractivity contribution < 1.29 is 14.2 Å². The third-order valence-corrected chi connectivity index (χ3v) is 5.07. The van der Waals surface area contributed by atoms with E-state index in [1.165, 1.54) is 6.20 Å². The van der Waals surface area contributed by atoms with Gasteiger partial charge in [-0.2, -0.15) is 10.1 Å². The van der Waals surface area contributed by atoms with Crippen LogP contribution in [0.1, 0.15) is 37.3 Å². The zero-order valence-corrected chi connectivity index (χ0v) is 15.5. The first kappa shape index (κ1) is 18.1. The lowest BCUT2D eigenvalue weighted by Crippen LogP contribution is -2.38. The van der Waals surface area contributed by atoms with Gasteiger partial charge >= 0.3 is 0 Å². The van der Waals surface area contributed by atoms with E-state index in [0.717, 1.165) is 25.2 Å². The van der Waals surface area contributed by atoms with E-state index in [0.29, 0.717) is 56.7 Å². The van der Waals surface area contributed by atoms with Crippen LogP contribution in [-0.4, -0.2) is 57.7 Å². The molecule has 8 nitrogen and oxygen atoms in total. The fourth-order valence-electron chi connectivity index (χ4n) is 3.53. The molecule has 2 aromatic rings. The summed E-state index contributed by atoms with van der Waals surface area (Å²) in [6.45, 7) is 6.45. The smallest absolute Gasteiger partial charge is 0.227 e. The van der Waals surface area contributed by atoms with E-state index in [1.807, 2.05) is 27.5 Å². The number of morpholine rings is 1. The van der Waals surface area contributed by atoms with Crippen LogP contribution in [0.2, 0.25) is 0 Å². The van der Waals surface area contributed by atoms with E-state index < -0.39 is 11.9 Å². The SMILES string of the molecule is CC[C@@H](O)c1cc2n(n1)CCCN(c1ncc(F)c(N3CCOCC3)n1)C2. The molecule has 0 spiro atoms. The minimum atomic E-state index is -0.548. The highest BCUT2D eigenvalue weighted by Gasteiger charge is 2.23. The summed E-state index contributed by atoms with van der Waals surface area (Å²) in [5.41, 5.74) is 1.71. The van der Waals surface area contributed by atoms with Gasteiger partial charge < -0.3 is 19.6 Å². The molecule has 4 rings (SSSR count). The molecule has 1 atom stereocenters. The van der Waals surface area contributed by atoms with Crippen molar-refractivity contribution in [3.63, 3.8) is 0 Å². The minimum Gasteiger partial charge on any atom is -0.387 e. The first-order valence-corrected chi connectivity index (χ1v) is 9.50. The van der Waals surface area contributed by atoms with Crippen LogP contribution in [0.15, 0.2) is 12.3 Å². The molecule has 1 fully saturated rings. The number of anilines is 2. The van der Waals surface area contributed by atoms with Crippen molar-refractivity contribution >= 4 is 11.8 Å². The quantitative estimate of drug-likeness (QED) is 0.866. The minimum absolute atomic E-state index is 0.336. The zero-order valence-electron chi connectivity index (χ0n) is 15.5. The highest BCUT2D eigenvalue weighted by molar-refractivity contribution is 5.45. The van der Waals surface area contributed by atoms with Crippen molar-refractivity contribution in [3.8, 4) is 0 Å². The van der Waals surface area contributed by atoms with Gasteiger partial charge in [0.25, 0.3) is 0 Å². The lowest BCUT2D eigenvalue weighted by atomic mass is 10.2. The predicted molar refractivity (Wildman–Crippen MR) is 98.2 cm³/mol. The van der Waals surface area contributed by atoms with Gasteiger partial charge in [0.05, 0.1) is 43.4 Å². The van der Waals surface area contributed by atoms with Gasteiger partial charge in [0.15, 0.2) is 11.6 Å². The second-order valence-corrected chi connectivity index (χ2v) is 6.92. The third-order valence-electron chi connectivity index (χ3n) is 5.07. The number of rotatable bonds is 4. The highest BCUT2D eigenvalue weighted by atomic mass is 19.1. The molecule has 0 radical (unpaired) electrons. The molecule has 146 valence electrons. The Morgan fingerprint density at radius 1 is 1.22 bits per heavy atom. The van der Waals surface area contributed by atoms with Gasteiger partial charge in [-0.05, 0) is 18.9 Å². The van der Waals surface area contributed by atoms with E-state index in [-0.39, 0.29) is 0 Å².